The van der Waals surface area contributed by atoms with E-state index in [1.54, 1.807) is 23.1 Å². The summed E-state index contributed by atoms with van der Waals surface area (Å²) in [6, 6.07) is 13.5. The summed E-state index contributed by atoms with van der Waals surface area (Å²) in [6.45, 7) is 6.86. The van der Waals surface area contributed by atoms with Gasteiger partial charge in [-0.15, -0.1) is 0 Å². The van der Waals surface area contributed by atoms with Crippen molar-refractivity contribution in [2.24, 2.45) is 0 Å². The Morgan fingerprint density at radius 3 is 2.24 bits per heavy atom. The van der Waals surface area contributed by atoms with Gasteiger partial charge >= 0.3 is 0 Å². The lowest BCUT2D eigenvalue weighted by Gasteiger charge is -2.21. The molecule has 0 saturated heterocycles. The van der Waals surface area contributed by atoms with E-state index in [1.165, 1.54) is 23.5 Å². The van der Waals surface area contributed by atoms with Gasteiger partial charge in [-0.25, -0.2) is 8.42 Å². The van der Waals surface area contributed by atoms with Crippen molar-refractivity contribution in [2.45, 2.75) is 25.7 Å². The van der Waals surface area contributed by atoms with Gasteiger partial charge in [-0.05, 0) is 56.7 Å². The number of hydrogen-bond acceptors (Lipinski definition) is 3. The number of sulfonamides is 1. The molecular weight excluding hydrogens is 336 g/mol. The third-order valence-corrected chi connectivity index (χ3v) is 5.94. The summed E-state index contributed by atoms with van der Waals surface area (Å²) in [4.78, 5) is 14.3. The van der Waals surface area contributed by atoms with Crippen LogP contribution in [0.15, 0.2) is 53.4 Å². The molecule has 0 spiro atoms. The molecule has 25 heavy (non-hydrogen) atoms. The molecule has 0 atom stereocenters. The summed E-state index contributed by atoms with van der Waals surface area (Å²) in [6.07, 6.45) is 0. The van der Waals surface area contributed by atoms with Gasteiger partial charge in [-0.3, -0.25) is 9.10 Å². The zero-order valence-electron chi connectivity index (χ0n) is 15.1. The number of rotatable bonds is 6. The van der Waals surface area contributed by atoms with Crippen LogP contribution in [-0.4, -0.2) is 39.4 Å². The molecule has 0 aliphatic carbocycles. The molecule has 0 aliphatic rings. The maximum Gasteiger partial charge on any atom is 0.264 e. The minimum absolute atomic E-state index is 0.106. The molecule has 134 valence electrons. The molecule has 6 heteroatoms. The highest BCUT2D eigenvalue weighted by Crippen LogP contribution is 2.23. The number of carbonyl (C=O) groups excluding carboxylic acids is 1. The van der Waals surface area contributed by atoms with Crippen molar-refractivity contribution in [2.75, 3.05) is 24.4 Å². The SMILES string of the molecule is CCN(CC)C(=O)c1cccc(S(=O)(=O)N(C)c2cccc(C)c2)c1. The highest BCUT2D eigenvalue weighted by atomic mass is 32.2. The van der Waals surface area contributed by atoms with Crippen LogP contribution in [0.2, 0.25) is 0 Å². The van der Waals surface area contributed by atoms with Crippen LogP contribution in [0.25, 0.3) is 0 Å². The topological polar surface area (TPSA) is 57.7 Å². The summed E-state index contributed by atoms with van der Waals surface area (Å²) in [7, 11) is -2.22. The third-order valence-electron chi connectivity index (χ3n) is 4.16. The minimum atomic E-state index is -3.74. The van der Waals surface area contributed by atoms with Crippen molar-refractivity contribution in [1.82, 2.24) is 4.90 Å². The standard InChI is InChI=1S/C19H24N2O3S/c1-5-21(6-2)19(22)16-10-8-12-18(14-16)25(23,24)20(4)17-11-7-9-15(3)13-17/h7-14H,5-6H2,1-4H3. The Kier molecular flexibility index (Phi) is 5.85. The second kappa shape index (κ2) is 7.70. The second-order valence-corrected chi connectivity index (χ2v) is 7.79. The first kappa shape index (κ1) is 19.0. The van der Waals surface area contributed by atoms with Crippen LogP contribution in [0.3, 0.4) is 0 Å². The molecule has 2 rings (SSSR count). The van der Waals surface area contributed by atoms with E-state index in [-0.39, 0.29) is 10.8 Å². The largest absolute Gasteiger partial charge is 0.339 e. The first-order valence-electron chi connectivity index (χ1n) is 8.26. The predicted molar refractivity (Wildman–Crippen MR) is 100 cm³/mol. The molecule has 0 bridgehead atoms. The van der Waals surface area contributed by atoms with Crippen LogP contribution in [0.1, 0.15) is 29.8 Å². The lowest BCUT2D eigenvalue weighted by molar-refractivity contribution is 0.0772. The van der Waals surface area contributed by atoms with Crippen molar-refractivity contribution in [3.8, 4) is 0 Å². The molecule has 0 aliphatic heterocycles. The number of anilines is 1. The Morgan fingerprint density at radius 2 is 1.64 bits per heavy atom. The van der Waals surface area contributed by atoms with Gasteiger partial charge in [0.25, 0.3) is 15.9 Å². The lowest BCUT2D eigenvalue weighted by atomic mass is 10.2. The van der Waals surface area contributed by atoms with Gasteiger partial charge in [0, 0.05) is 25.7 Å². The average Bonchev–Trinajstić information content (AvgIpc) is 2.62. The fourth-order valence-corrected chi connectivity index (χ4v) is 3.84. The number of amides is 1. The smallest absolute Gasteiger partial charge is 0.264 e. The van der Waals surface area contributed by atoms with Gasteiger partial charge in [0.05, 0.1) is 10.6 Å². The van der Waals surface area contributed by atoms with E-state index in [2.05, 4.69) is 0 Å². The van der Waals surface area contributed by atoms with Gasteiger partial charge in [-0.1, -0.05) is 18.2 Å². The minimum Gasteiger partial charge on any atom is -0.339 e. The monoisotopic (exact) mass is 360 g/mol. The van der Waals surface area contributed by atoms with E-state index in [9.17, 15) is 13.2 Å². The van der Waals surface area contributed by atoms with E-state index >= 15 is 0 Å². The Bertz CT molecular complexity index is 858. The highest BCUT2D eigenvalue weighted by molar-refractivity contribution is 7.92. The van der Waals surface area contributed by atoms with Gasteiger partial charge in [0.1, 0.15) is 0 Å². The van der Waals surface area contributed by atoms with Crippen LogP contribution in [0.4, 0.5) is 5.69 Å². The quantitative estimate of drug-likeness (QED) is 0.794. The Hall–Kier alpha value is -2.34. The zero-order chi connectivity index (χ0) is 18.6. The highest BCUT2D eigenvalue weighted by Gasteiger charge is 2.23. The summed E-state index contributed by atoms with van der Waals surface area (Å²) in [5, 5.41) is 0. The van der Waals surface area contributed by atoms with Gasteiger partial charge in [0.2, 0.25) is 0 Å². The Balaban J connectivity index is 2.40. The Morgan fingerprint density at radius 1 is 1.00 bits per heavy atom. The third kappa shape index (κ3) is 4.02. The molecule has 1 amide bonds. The van der Waals surface area contributed by atoms with Crippen molar-refractivity contribution >= 4 is 21.6 Å². The van der Waals surface area contributed by atoms with Crippen LogP contribution >= 0.6 is 0 Å². The number of hydrogen-bond donors (Lipinski definition) is 0. The fourth-order valence-electron chi connectivity index (χ4n) is 2.60. The number of aryl methyl sites for hydroxylation is 1. The van der Waals surface area contributed by atoms with Gasteiger partial charge in [-0.2, -0.15) is 0 Å². The second-order valence-electron chi connectivity index (χ2n) is 5.82. The van der Waals surface area contributed by atoms with Gasteiger partial charge in [0.15, 0.2) is 0 Å². The molecule has 0 heterocycles. The zero-order valence-corrected chi connectivity index (χ0v) is 15.9. The molecule has 0 fully saturated rings. The number of carbonyl (C=O) groups is 1. The van der Waals surface area contributed by atoms with E-state index in [4.69, 9.17) is 0 Å². The molecule has 2 aromatic carbocycles. The van der Waals surface area contributed by atoms with Crippen molar-refractivity contribution in [3.05, 3.63) is 59.7 Å². The number of nitrogens with zero attached hydrogens (tertiary/aromatic N) is 2. The summed E-state index contributed by atoms with van der Waals surface area (Å²) >= 11 is 0. The lowest BCUT2D eigenvalue weighted by Crippen LogP contribution is -2.31. The van der Waals surface area contributed by atoms with E-state index in [1.807, 2.05) is 39.0 Å². The summed E-state index contributed by atoms with van der Waals surface area (Å²) in [5.74, 6) is -0.166. The van der Waals surface area contributed by atoms with Crippen LogP contribution < -0.4 is 4.31 Å². The normalized spacial score (nSPS) is 11.2. The van der Waals surface area contributed by atoms with Crippen LogP contribution in [0.5, 0.6) is 0 Å². The van der Waals surface area contributed by atoms with Crippen molar-refractivity contribution < 1.29 is 13.2 Å². The van der Waals surface area contributed by atoms with E-state index in [0.29, 0.717) is 24.3 Å². The summed E-state index contributed by atoms with van der Waals surface area (Å²) in [5.41, 5.74) is 1.94. The molecule has 0 unspecified atom stereocenters. The first-order valence-corrected chi connectivity index (χ1v) is 9.70. The predicted octanol–water partition coefficient (Wildman–Crippen LogP) is 3.30. The number of benzene rings is 2. The Labute approximate surface area is 149 Å². The molecule has 0 N–H and O–H groups in total. The maximum absolute atomic E-state index is 12.9. The molecule has 5 nitrogen and oxygen atoms in total. The first-order chi connectivity index (χ1) is 11.8. The molecule has 2 aromatic rings. The molecular formula is C19H24N2O3S. The molecule has 0 saturated carbocycles. The average molecular weight is 360 g/mol. The maximum atomic E-state index is 12.9. The molecule has 0 aromatic heterocycles. The fraction of sp³-hybridized carbons (Fsp3) is 0.316. The van der Waals surface area contributed by atoms with Crippen molar-refractivity contribution in [1.29, 1.82) is 0 Å². The summed E-state index contributed by atoms with van der Waals surface area (Å²) < 4.78 is 27.1. The van der Waals surface area contributed by atoms with E-state index < -0.39 is 10.0 Å². The van der Waals surface area contributed by atoms with Crippen LogP contribution in [-0.2, 0) is 10.0 Å². The van der Waals surface area contributed by atoms with Gasteiger partial charge < -0.3 is 4.90 Å². The molecule has 0 radical (unpaired) electrons. The van der Waals surface area contributed by atoms with Crippen molar-refractivity contribution in [3.63, 3.8) is 0 Å². The van der Waals surface area contributed by atoms with E-state index in [0.717, 1.165) is 5.56 Å². The van der Waals surface area contributed by atoms with Crippen LogP contribution in [0, 0.1) is 6.92 Å².